The van der Waals surface area contributed by atoms with E-state index in [1.165, 1.54) is 5.69 Å². The first-order valence-electron chi connectivity index (χ1n) is 7.63. The second kappa shape index (κ2) is 6.05. The Morgan fingerprint density at radius 1 is 1.00 bits per heavy atom. The van der Waals surface area contributed by atoms with Crippen LogP contribution >= 0.6 is 0 Å². The van der Waals surface area contributed by atoms with Gasteiger partial charge >= 0.3 is 0 Å². The second-order valence-electron chi connectivity index (χ2n) is 5.39. The Hall–Kier alpha value is -2.94. The zero-order valence-electron chi connectivity index (χ0n) is 13.6. The molecule has 0 bridgehead atoms. The van der Waals surface area contributed by atoms with E-state index in [9.17, 15) is 0 Å². The largest absolute Gasteiger partial charge is 0.329 e. The van der Waals surface area contributed by atoms with Crippen molar-refractivity contribution in [3.63, 3.8) is 0 Å². The lowest BCUT2D eigenvalue weighted by Gasteiger charge is -2.23. The van der Waals surface area contributed by atoms with Crippen LogP contribution in [0.2, 0.25) is 0 Å². The molecule has 0 N–H and O–H groups in total. The van der Waals surface area contributed by atoms with Gasteiger partial charge in [0.25, 0.3) is 0 Å². The molecule has 1 aliphatic rings. The molecule has 0 spiro atoms. The van der Waals surface area contributed by atoms with Crippen LogP contribution in [0.3, 0.4) is 0 Å². The van der Waals surface area contributed by atoms with Gasteiger partial charge in [0.05, 0.1) is 11.4 Å². The Morgan fingerprint density at radius 2 is 1.65 bits per heavy atom. The van der Waals surface area contributed by atoms with Gasteiger partial charge in [0, 0.05) is 30.8 Å². The number of para-hydroxylation sites is 2. The number of nitrogens with zero attached hydrogens (tertiary/aromatic N) is 3. The van der Waals surface area contributed by atoms with Gasteiger partial charge in [-0.1, -0.05) is 31.4 Å². The van der Waals surface area contributed by atoms with Crippen molar-refractivity contribution in [3.05, 3.63) is 86.0 Å². The Bertz CT molecular complexity index is 759. The topological polar surface area (TPSA) is 9.72 Å². The van der Waals surface area contributed by atoms with E-state index in [4.69, 9.17) is 0 Å². The third-order valence-corrected chi connectivity index (χ3v) is 4.04. The zero-order valence-corrected chi connectivity index (χ0v) is 13.6. The first-order chi connectivity index (χ1) is 11.2. The molecular formula is C20H21N3. The number of fused-ring (bicyclic) bond motifs is 1. The quantitative estimate of drug-likeness (QED) is 0.766. The molecule has 1 aliphatic heterocycles. The molecule has 0 aliphatic carbocycles. The summed E-state index contributed by atoms with van der Waals surface area (Å²) >= 11 is 0. The van der Waals surface area contributed by atoms with Gasteiger partial charge in [0.1, 0.15) is 5.82 Å². The lowest BCUT2D eigenvalue weighted by molar-refractivity contribution is 1.09. The maximum atomic E-state index is 4.22. The lowest BCUT2D eigenvalue weighted by Crippen LogP contribution is -2.20. The molecule has 0 amide bonds. The summed E-state index contributed by atoms with van der Waals surface area (Å²) in [5.41, 5.74) is 4.50. The van der Waals surface area contributed by atoms with E-state index in [1.807, 2.05) is 37.2 Å². The maximum Gasteiger partial charge on any atom is 0.110 e. The molecule has 0 saturated carbocycles. The van der Waals surface area contributed by atoms with Crippen LogP contribution in [0.4, 0.5) is 22.7 Å². The third kappa shape index (κ3) is 2.50. The molecule has 23 heavy (non-hydrogen) atoms. The Labute approximate surface area is 138 Å². The smallest absolute Gasteiger partial charge is 0.110 e. The molecule has 116 valence electrons. The minimum atomic E-state index is 0.952. The maximum absolute atomic E-state index is 4.22. The van der Waals surface area contributed by atoms with Gasteiger partial charge in [-0.15, -0.1) is 0 Å². The summed E-state index contributed by atoms with van der Waals surface area (Å²) in [6, 6.07) is 16.7. The van der Waals surface area contributed by atoms with E-state index in [1.54, 1.807) is 6.20 Å². The van der Waals surface area contributed by atoms with E-state index in [2.05, 4.69) is 65.4 Å². The van der Waals surface area contributed by atoms with E-state index < -0.39 is 0 Å². The molecule has 0 fully saturated rings. The van der Waals surface area contributed by atoms with Crippen LogP contribution in [-0.2, 0) is 0 Å². The predicted octanol–water partition coefficient (Wildman–Crippen LogP) is 5.23. The summed E-state index contributed by atoms with van der Waals surface area (Å²) in [5, 5.41) is 0. The van der Waals surface area contributed by atoms with Crippen molar-refractivity contribution >= 4 is 22.7 Å². The summed E-state index contributed by atoms with van der Waals surface area (Å²) in [6.45, 7) is 10.1. The van der Waals surface area contributed by atoms with Crippen LogP contribution in [0.25, 0.3) is 0 Å². The fourth-order valence-electron chi connectivity index (χ4n) is 2.84. The van der Waals surface area contributed by atoms with Crippen LogP contribution in [-0.4, -0.2) is 7.05 Å². The minimum Gasteiger partial charge on any atom is -0.329 e. The van der Waals surface area contributed by atoms with Crippen LogP contribution in [0, 0.1) is 0 Å². The molecular weight excluding hydrogens is 282 g/mol. The van der Waals surface area contributed by atoms with E-state index >= 15 is 0 Å². The molecule has 3 rings (SSSR count). The highest BCUT2D eigenvalue weighted by Crippen LogP contribution is 2.44. The van der Waals surface area contributed by atoms with Crippen LogP contribution < -0.4 is 14.7 Å². The van der Waals surface area contributed by atoms with Crippen molar-refractivity contribution in [2.24, 2.45) is 0 Å². The molecule has 0 unspecified atom stereocenters. The SMILES string of the molecule is C=CN(/C=C\C)c1ccc(N2C(=C)N(C)c3ccccc32)cc1. The highest BCUT2D eigenvalue weighted by Gasteiger charge is 2.27. The fraction of sp³-hybridized carbons (Fsp3) is 0.100. The summed E-state index contributed by atoms with van der Waals surface area (Å²) in [4.78, 5) is 6.27. The number of allylic oxidation sites excluding steroid dienone is 1. The van der Waals surface area contributed by atoms with Gasteiger partial charge in [-0.25, -0.2) is 0 Å². The molecule has 0 radical (unpaired) electrons. The normalized spacial score (nSPS) is 13.6. The number of rotatable bonds is 4. The molecule has 0 aromatic heterocycles. The fourth-order valence-corrected chi connectivity index (χ4v) is 2.84. The van der Waals surface area contributed by atoms with Crippen molar-refractivity contribution in [1.82, 2.24) is 0 Å². The van der Waals surface area contributed by atoms with Crippen LogP contribution in [0.15, 0.2) is 86.0 Å². The molecule has 2 aromatic rings. The van der Waals surface area contributed by atoms with Crippen LogP contribution in [0.1, 0.15) is 6.92 Å². The number of benzene rings is 2. The van der Waals surface area contributed by atoms with Gasteiger partial charge in [0.15, 0.2) is 0 Å². The average Bonchev–Trinajstić information content (AvgIpc) is 2.85. The first kappa shape index (κ1) is 15.0. The number of anilines is 4. The van der Waals surface area contributed by atoms with Gasteiger partial charge in [0.2, 0.25) is 0 Å². The van der Waals surface area contributed by atoms with E-state index in [0.717, 1.165) is 22.9 Å². The Balaban J connectivity index is 1.97. The van der Waals surface area contributed by atoms with E-state index in [-0.39, 0.29) is 0 Å². The van der Waals surface area contributed by atoms with Crippen molar-refractivity contribution < 1.29 is 0 Å². The molecule has 1 heterocycles. The van der Waals surface area contributed by atoms with Gasteiger partial charge in [-0.2, -0.15) is 0 Å². The standard InChI is InChI=1S/C20H21N3/c1-5-15-22(6-2)17-11-13-18(14-12-17)23-16(3)21(4)19-9-7-8-10-20(19)23/h5-15H,2-3H2,1,4H3/b15-5-. The predicted molar refractivity (Wildman–Crippen MR) is 100 cm³/mol. The molecule has 3 nitrogen and oxygen atoms in total. The number of hydrogen-bond donors (Lipinski definition) is 0. The molecule has 0 atom stereocenters. The van der Waals surface area contributed by atoms with Crippen molar-refractivity contribution in [2.75, 3.05) is 21.7 Å². The summed E-state index contributed by atoms with van der Waals surface area (Å²) < 4.78 is 0. The van der Waals surface area contributed by atoms with Gasteiger partial charge in [-0.3, -0.25) is 4.90 Å². The summed E-state index contributed by atoms with van der Waals surface area (Å²) in [7, 11) is 2.04. The van der Waals surface area contributed by atoms with Gasteiger partial charge < -0.3 is 9.80 Å². The monoisotopic (exact) mass is 303 g/mol. The third-order valence-electron chi connectivity index (χ3n) is 4.04. The molecule has 2 aromatic carbocycles. The van der Waals surface area contributed by atoms with Crippen molar-refractivity contribution in [2.45, 2.75) is 6.92 Å². The van der Waals surface area contributed by atoms with Crippen molar-refractivity contribution in [1.29, 1.82) is 0 Å². The van der Waals surface area contributed by atoms with Gasteiger partial charge in [-0.05, 0) is 43.3 Å². The molecule has 3 heteroatoms. The Morgan fingerprint density at radius 3 is 2.26 bits per heavy atom. The highest BCUT2D eigenvalue weighted by molar-refractivity contribution is 5.88. The highest BCUT2D eigenvalue weighted by atomic mass is 15.4. The minimum absolute atomic E-state index is 0.952. The summed E-state index contributed by atoms with van der Waals surface area (Å²) in [5.74, 6) is 0.952. The molecule has 0 saturated heterocycles. The number of hydrogen-bond acceptors (Lipinski definition) is 3. The summed E-state index contributed by atoms with van der Waals surface area (Å²) in [6.07, 6.45) is 5.77. The first-order valence-corrected chi connectivity index (χ1v) is 7.63. The second-order valence-corrected chi connectivity index (χ2v) is 5.39. The zero-order chi connectivity index (χ0) is 16.4. The average molecular weight is 303 g/mol. The lowest BCUT2D eigenvalue weighted by atomic mass is 10.2. The van der Waals surface area contributed by atoms with Crippen LogP contribution in [0.5, 0.6) is 0 Å². The van der Waals surface area contributed by atoms with Crippen molar-refractivity contribution in [3.8, 4) is 0 Å². The Kier molecular flexibility index (Phi) is 3.94. The van der Waals surface area contributed by atoms with E-state index in [0.29, 0.717) is 0 Å².